The van der Waals surface area contributed by atoms with Gasteiger partial charge < -0.3 is 9.63 Å². The zero-order chi connectivity index (χ0) is 13.8. The molecule has 106 valence electrons. The van der Waals surface area contributed by atoms with E-state index in [2.05, 4.69) is 4.90 Å². The molecule has 19 heavy (non-hydrogen) atoms. The summed E-state index contributed by atoms with van der Waals surface area (Å²) in [5.74, 6) is 0.0971. The second-order valence-corrected chi connectivity index (χ2v) is 4.71. The quantitative estimate of drug-likeness (QED) is 0.755. The molecule has 2 heterocycles. The van der Waals surface area contributed by atoms with E-state index in [4.69, 9.17) is 9.63 Å². The van der Waals surface area contributed by atoms with Crippen LogP contribution in [0.1, 0.15) is 10.6 Å². The summed E-state index contributed by atoms with van der Waals surface area (Å²) < 4.78 is 5.88. The van der Waals surface area contributed by atoms with E-state index in [0.29, 0.717) is 12.3 Å². The highest BCUT2D eigenvalue weighted by molar-refractivity contribution is 5.79. The van der Waals surface area contributed by atoms with Crippen molar-refractivity contribution in [2.24, 2.45) is 0 Å². The minimum absolute atomic E-state index is 0.153. The molecule has 1 aromatic heterocycles. The van der Waals surface area contributed by atoms with Crippen LogP contribution in [-0.4, -0.2) is 71.4 Å². The first-order valence-corrected chi connectivity index (χ1v) is 6.39. The topological polar surface area (TPSA) is 78.9 Å². The van der Waals surface area contributed by atoms with Crippen LogP contribution in [0.5, 0.6) is 0 Å². The molecule has 1 aromatic rings. The van der Waals surface area contributed by atoms with Gasteiger partial charge in [0.25, 0.3) is 11.5 Å². The van der Waals surface area contributed by atoms with E-state index in [1.807, 2.05) is 4.90 Å². The van der Waals surface area contributed by atoms with Crippen molar-refractivity contribution in [1.82, 2.24) is 14.5 Å². The Morgan fingerprint density at radius 3 is 2.47 bits per heavy atom. The van der Waals surface area contributed by atoms with Gasteiger partial charge in [0, 0.05) is 38.8 Å². The number of β-amino-alcohol motifs (C(OH)–C–C–N with tert-alkyl or cyclic N) is 1. The van der Waals surface area contributed by atoms with Gasteiger partial charge in [0.2, 0.25) is 0 Å². The number of rotatable bonds is 4. The average Bonchev–Trinajstić information content (AvgIpc) is 2.71. The number of carbonyl (C=O) groups is 1. The van der Waals surface area contributed by atoms with Crippen molar-refractivity contribution in [3.63, 3.8) is 0 Å². The Hall–Kier alpha value is -1.44. The Bertz CT molecular complexity index is 485. The van der Waals surface area contributed by atoms with E-state index in [9.17, 15) is 9.59 Å². The van der Waals surface area contributed by atoms with Gasteiger partial charge in [0.15, 0.2) is 0 Å². The van der Waals surface area contributed by atoms with Gasteiger partial charge in [-0.15, -0.1) is 4.74 Å². The Morgan fingerprint density at radius 1 is 1.32 bits per heavy atom. The maximum absolute atomic E-state index is 11.9. The molecule has 1 aliphatic rings. The van der Waals surface area contributed by atoms with E-state index in [0.717, 1.165) is 30.9 Å². The lowest BCUT2D eigenvalue weighted by Gasteiger charge is -2.33. The van der Waals surface area contributed by atoms with Gasteiger partial charge in [-0.05, 0) is 6.92 Å². The molecule has 0 atom stereocenters. The van der Waals surface area contributed by atoms with Crippen LogP contribution in [0, 0.1) is 6.92 Å². The van der Waals surface area contributed by atoms with E-state index in [1.54, 1.807) is 6.92 Å². The molecule has 0 spiro atoms. The summed E-state index contributed by atoms with van der Waals surface area (Å²) in [7, 11) is 0. The predicted molar refractivity (Wildman–Crippen MR) is 68.3 cm³/mol. The van der Waals surface area contributed by atoms with Crippen LogP contribution in [0.15, 0.2) is 15.4 Å². The Balaban J connectivity index is 1.87. The molecular weight excluding hydrogens is 250 g/mol. The highest BCUT2D eigenvalue weighted by Gasteiger charge is 2.20. The molecule has 0 amide bonds. The van der Waals surface area contributed by atoms with Crippen molar-refractivity contribution in [3.8, 4) is 0 Å². The highest BCUT2D eigenvalue weighted by Crippen LogP contribution is 2.02. The van der Waals surface area contributed by atoms with Crippen molar-refractivity contribution in [1.29, 1.82) is 0 Å². The number of aliphatic hydroxyl groups is 1. The summed E-state index contributed by atoms with van der Waals surface area (Å²) in [5, 5.41) is 8.85. The first-order valence-electron chi connectivity index (χ1n) is 6.39. The van der Waals surface area contributed by atoms with Gasteiger partial charge in [-0.1, -0.05) is 0 Å². The molecule has 7 nitrogen and oxygen atoms in total. The lowest BCUT2D eigenvalue weighted by Crippen LogP contribution is -2.49. The first kappa shape index (κ1) is 14.0. The van der Waals surface area contributed by atoms with Crippen LogP contribution >= 0.6 is 0 Å². The molecule has 0 radical (unpaired) electrons. The third-order valence-electron chi connectivity index (χ3n) is 3.23. The number of piperazine rings is 1. The summed E-state index contributed by atoms with van der Waals surface area (Å²) in [6, 6.07) is 1.30. The monoisotopic (exact) mass is 269 g/mol. The van der Waals surface area contributed by atoms with Crippen molar-refractivity contribution in [2.45, 2.75) is 6.92 Å². The second kappa shape index (κ2) is 6.14. The summed E-state index contributed by atoms with van der Waals surface area (Å²) in [6.07, 6.45) is 0. The lowest BCUT2D eigenvalue weighted by molar-refractivity contribution is 0.0635. The van der Waals surface area contributed by atoms with E-state index >= 15 is 0 Å². The number of nitrogens with zero attached hydrogens (tertiary/aromatic N) is 3. The molecule has 0 bridgehead atoms. The Morgan fingerprint density at radius 2 is 1.95 bits per heavy atom. The van der Waals surface area contributed by atoms with Crippen LogP contribution in [0.25, 0.3) is 0 Å². The third kappa shape index (κ3) is 3.52. The van der Waals surface area contributed by atoms with Crippen molar-refractivity contribution in [3.05, 3.63) is 22.2 Å². The van der Waals surface area contributed by atoms with Crippen LogP contribution in [0.2, 0.25) is 0 Å². The highest BCUT2D eigenvalue weighted by atomic mass is 16.5. The number of hydrogen-bond acceptors (Lipinski definition) is 6. The van der Waals surface area contributed by atoms with Crippen LogP contribution in [0.4, 0.5) is 0 Å². The van der Waals surface area contributed by atoms with Crippen molar-refractivity contribution in [2.75, 3.05) is 45.9 Å². The molecule has 1 fully saturated rings. The normalized spacial score (nSPS) is 17.8. The summed E-state index contributed by atoms with van der Waals surface area (Å²) in [6.45, 7) is 5.78. The smallest absolute Gasteiger partial charge is 0.290 e. The van der Waals surface area contributed by atoms with Crippen molar-refractivity contribution < 1.29 is 14.4 Å². The molecular formula is C12H19N3O4. The zero-order valence-electron chi connectivity index (χ0n) is 11.0. The van der Waals surface area contributed by atoms with Gasteiger partial charge >= 0.3 is 0 Å². The standard InChI is InChI=1S/C12H19N3O4/c1-10-8-11(17)15(19-10)12(18)9-14-4-2-13(3-5-14)6-7-16/h8,16H,2-7,9H2,1H3. The summed E-state index contributed by atoms with van der Waals surface area (Å²) in [4.78, 5) is 27.5. The fourth-order valence-electron chi connectivity index (χ4n) is 2.19. The number of aliphatic hydroxyl groups excluding tert-OH is 1. The lowest BCUT2D eigenvalue weighted by atomic mass is 10.3. The summed E-state index contributed by atoms with van der Waals surface area (Å²) in [5.41, 5.74) is -0.415. The second-order valence-electron chi connectivity index (χ2n) is 4.71. The fourth-order valence-corrected chi connectivity index (χ4v) is 2.19. The number of aryl methyl sites for hydroxylation is 1. The maximum Gasteiger partial charge on any atom is 0.290 e. The molecule has 0 unspecified atom stereocenters. The molecule has 1 N–H and O–H groups in total. The number of aromatic nitrogens is 1. The molecule has 7 heteroatoms. The molecule has 1 saturated heterocycles. The largest absolute Gasteiger partial charge is 0.395 e. The predicted octanol–water partition coefficient (Wildman–Crippen LogP) is -1.00. The fraction of sp³-hybridized carbons (Fsp3) is 0.667. The Labute approximate surface area is 111 Å². The first-order chi connectivity index (χ1) is 9.10. The minimum atomic E-state index is -0.415. The van der Waals surface area contributed by atoms with E-state index < -0.39 is 5.56 Å². The minimum Gasteiger partial charge on any atom is -0.395 e. The maximum atomic E-state index is 11.9. The average molecular weight is 269 g/mol. The van der Waals surface area contributed by atoms with Gasteiger partial charge in [-0.2, -0.15) is 0 Å². The molecule has 2 rings (SSSR count). The molecule has 0 aliphatic carbocycles. The molecule has 0 aromatic carbocycles. The molecule has 1 aliphatic heterocycles. The van der Waals surface area contributed by atoms with Gasteiger partial charge in [0.1, 0.15) is 5.76 Å². The van der Waals surface area contributed by atoms with Gasteiger partial charge in [0.05, 0.1) is 13.2 Å². The Kier molecular flexibility index (Phi) is 4.52. The van der Waals surface area contributed by atoms with Gasteiger partial charge in [-0.25, -0.2) is 0 Å². The van der Waals surface area contributed by atoms with E-state index in [-0.39, 0.29) is 19.1 Å². The number of carbonyl (C=O) groups excluding carboxylic acids is 1. The third-order valence-corrected chi connectivity index (χ3v) is 3.23. The van der Waals surface area contributed by atoms with Crippen LogP contribution in [-0.2, 0) is 0 Å². The zero-order valence-corrected chi connectivity index (χ0v) is 11.0. The SMILES string of the molecule is Cc1cc(=O)n(C(=O)CN2CCN(CCO)CC2)o1. The van der Waals surface area contributed by atoms with E-state index in [1.165, 1.54) is 6.07 Å². The summed E-state index contributed by atoms with van der Waals surface area (Å²) >= 11 is 0. The van der Waals surface area contributed by atoms with Crippen LogP contribution < -0.4 is 5.56 Å². The molecule has 0 saturated carbocycles. The van der Waals surface area contributed by atoms with Crippen molar-refractivity contribution >= 4 is 5.91 Å². The van der Waals surface area contributed by atoms with Gasteiger partial charge in [-0.3, -0.25) is 19.4 Å². The number of hydrogen-bond donors (Lipinski definition) is 1. The van der Waals surface area contributed by atoms with Crippen LogP contribution in [0.3, 0.4) is 0 Å².